The fourth-order valence-corrected chi connectivity index (χ4v) is 10.0. The minimum Gasteiger partial charge on any atom is -0.309 e. The van der Waals surface area contributed by atoms with Crippen LogP contribution in [-0.2, 0) is 5.41 Å². The van der Waals surface area contributed by atoms with Gasteiger partial charge in [0.2, 0.25) is 0 Å². The Morgan fingerprint density at radius 3 is 1.42 bits per heavy atom. The third-order valence-electron chi connectivity index (χ3n) is 12.4. The van der Waals surface area contributed by atoms with Gasteiger partial charge in [-0.05, 0) is 93.0 Å². The van der Waals surface area contributed by atoms with Gasteiger partial charge in [-0.2, -0.15) is 0 Å². The van der Waals surface area contributed by atoms with Gasteiger partial charge in [-0.3, -0.25) is 0 Å². The van der Waals surface area contributed by atoms with Crippen molar-refractivity contribution in [3.63, 3.8) is 0 Å². The van der Waals surface area contributed by atoms with Crippen LogP contribution in [0, 0.1) is 0 Å². The van der Waals surface area contributed by atoms with E-state index in [1.54, 1.807) is 0 Å². The smallest absolute Gasteiger partial charge is 0.0714 e. The molecule has 266 valence electrons. The molecule has 11 aromatic rings. The van der Waals surface area contributed by atoms with E-state index in [9.17, 15) is 0 Å². The first-order valence-electron chi connectivity index (χ1n) is 19.8. The Hall–Kier alpha value is -7.42. The standard InChI is InChI=1S/C55H36N2/c1-3-17-39(18-4-1)55(40-19-5-2-6-20-40)49-26-11-7-22-43(49)44-33-31-42(36-50(44)55)57-53-29-14-10-25-47(53)48-32-30-38(35-54(48)57)37-16-15-21-41(34-37)56-51-27-12-8-23-45(51)46-24-9-13-28-52(46)56/h1-36H. The Morgan fingerprint density at radius 2 is 0.772 bits per heavy atom. The van der Waals surface area contributed by atoms with Gasteiger partial charge in [0.05, 0.1) is 27.5 Å². The first kappa shape index (κ1) is 31.9. The van der Waals surface area contributed by atoms with Crippen molar-refractivity contribution in [3.05, 3.63) is 241 Å². The lowest BCUT2D eigenvalue weighted by atomic mass is 9.67. The van der Waals surface area contributed by atoms with E-state index in [2.05, 4.69) is 228 Å². The van der Waals surface area contributed by atoms with Crippen molar-refractivity contribution in [2.45, 2.75) is 5.41 Å². The molecular formula is C55H36N2. The quantitative estimate of drug-likeness (QED) is 0.167. The van der Waals surface area contributed by atoms with Gasteiger partial charge in [-0.1, -0.05) is 170 Å². The highest BCUT2D eigenvalue weighted by Gasteiger charge is 2.46. The van der Waals surface area contributed by atoms with E-state index >= 15 is 0 Å². The molecule has 2 nitrogen and oxygen atoms in total. The molecule has 2 aromatic heterocycles. The van der Waals surface area contributed by atoms with Crippen LogP contribution in [0.1, 0.15) is 22.3 Å². The maximum atomic E-state index is 2.48. The van der Waals surface area contributed by atoms with Gasteiger partial charge in [0.15, 0.2) is 0 Å². The molecule has 0 unspecified atom stereocenters. The maximum Gasteiger partial charge on any atom is 0.0714 e. The number of aromatic nitrogens is 2. The van der Waals surface area contributed by atoms with E-state index < -0.39 is 5.41 Å². The van der Waals surface area contributed by atoms with E-state index in [0.717, 1.165) is 11.4 Å². The topological polar surface area (TPSA) is 9.86 Å². The summed E-state index contributed by atoms with van der Waals surface area (Å²) in [7, 11) is 0. The molecule has 1 aliphatic rings. The van der Waals surface area contributed by atoms with E-state index in [-0.39, 0.29) is 0 Å². The van der Waals surface area contributed by atoms with Gasteiger partial charge >= 0.3 is 0 Å². The van der Waals surface area contributed by atoms with Crippen molar-refractivity contribution in [3.8, 4) is 33.6 Å². The molecule has 0 fully saturated rings. The van der Waals surface area contributed by atoms with Gasteiger partial charge < -0.3 is 9.13 Å². The van der Waals surface area contributed by atoms with Crippen molar-refractivity contribution in [2.24, 2.45) is 0 Å². The summed E-state index contributed by atoms with van der Waals surface area (Å²) in [6, 6.07) is 80.6. The Morgan fingerprint density at radius 1 is 0.281 bits per heavy atom. The number of fused-ring (bicyclic) bond motifs is 9. The van der Waals surface area contributed by atoms with E-state index in [1.807, 2.05) is 0 Å². The predicted molar refractivity (Wildman–Crippen MR) is 238 cm³/mol. The van der Waals surface area contributed by atoms with Crippen LogP contribution >= 0.6 is 0 Å². The third kappa shape index (κ3) is 4.53. The molecule has 0 spiro atoms. The molecule has 0 bridgehead atoms. The zero-order chi connectivity index (χ0) is 37.5. The maximum absolute atomic E-state index is 2.48. The minimum absolute atomic E-state index is 0.471. The van der Waals surface area contributed by atoms with Crippen molar-refractivity contribution >= 4 is 43.6 Å². The molecule has 0 saturated carbocycles. The SMILES string of the molecule is c1ccc(C2(c3ccccc3)c3ccccc3-c3ccc(-n4c5ccccc5c5ccc(-c6cccc(-n7c8ccccc8c8ccccc87)c6)cc54)cc32)cc1. The van der Waals surface area contributed by atoms with Crippen LogP contribution in [0.5, 0.6) is 0 Å². The minimum atomic E-state index is -0.471. The number of nitrogens with zero attached hydrogens (tertiary/aromatic N) is 2. The van der Waals surface area contributed by atoms with E-state index in [1.165, 1.54) is 88.1 Å². The van der Waals surface area contributed by atoms with Crippen molar-refractivity contribution in [2.75, 3.05) is 0 Å². The molecule has 1 aliphatic carbocycles. The van der Waals surface area contributed by atoms with E-state index in [0.29, 0.717) is 0 Å². The number of rotatable bonds is 5. The summed E-state index contributed by atoms with van der Waals surface area (Å²) in [5.41, 5.74) is 16.8. The van der Waals surface area contributed by atoms with Gasteiger partial charge in [0, 0.05) is 32.9 Å². The molecule has 0 atom stereocenters. The van der Waals surface area contributed by atoms with Gasteiger partial charge in [0.25, 0.3) is 0 Å². The summed E-state index contributed by atoms with van der Waals surface area (Å²) in [6.07, 6.45) is 0. The Balaban J connectivity index is 1.08. The Kier molecular flexibility index (Phi) is 6.88. The van der Waals surface area contributed by atoms with Crippen LogP contribution in [0.15, 0.2) is 218 Å². The van der Waals surface area contributed by atoms with Crippen molar-refractivity contribution in [1.82, 2.24) is 9.13 Å². The second kappa shape index (κ2) is 12.3. The van der Waals surface area contributed by atoms with E-state index in [4.69, 9.17) is 0 Å². The summed E-state index contributed by atoms with van der Waals surface area (Å²) in [6.45, 7) is 0. The van der Waals surface area contributed by atoms with Crippen LogP contribution < -0.4 is 0 Å². The monoisotopic (exact) mass is 724 g/mol. The summed E-state index contributed by atoms with van der Waals surface area (Å²) in [4.78, 5) is 0. The van der Waals surface area contributed by atoms with Crippen molar-refractivity contribution in [1.29, 1.82) is 0 Å². The second-order valence-corrected chi connectivity index (χ2v) is 15.3. The summed E-state index contributed by atoms with van der Waals surface area (Å²) in [5, 5.41) is 5.03. The molecule has 0 saturated heterocycles. The average molecular weight is 725 g/mol. The van der Waals surface area contributed by atoms with Gasteiger partial charge in [-0.15, -0.1) is 0 Å². The summed E-state index contributed by atoms with van der Waals surface area (Å²) >= 11 is 0. The third-order valence-corrected chi connectivity index (χ3v) is 12.4. The Bertz CT molecular complexity index is 3250. The Labute approximate surface area is 331 Å². The lowest BCUT2D eigenvalue weighted by molar-refractivity contribution is 0.767. The molecular weight excluding hydrogens is 689 g/mol. The first-order valence-corrected chi connectivity index (χ1v) is 19.8. The fourth-order valence-electron chi connectivity index (χ4n) is 10.0. The second-order valence-electron chi connectivity index (χ2n) is 15.3. The van der Waals surface area contributed by atoms with Gasteiger partial charge in [-0.25, -0.2) is 0 Å². The molecule has 57 heavy (non-hydrogen) atoms. The largest absolute Gasteiger partial charge is 0.309 e. The molecule has 0 N–H and O–H groups in total. The molecule has 0 radical (unpaired) electrons. The molecule has 9 aromatic carbocycles. The van der Waals surface area contributed by atoms with Crippen LogP contribution in [0.4, 0.5) is 0 Å². The van der Waals surface area contributed by atoms with Crippen molar-refractivity contribution < 1.29 is 0 Å². The summed E-state index contributed by atoms with van der Waals surface area (Å²) in [5.74, 6) is 0. The zero-order valence-corrected chi connectivity index (χ0v) is 31.2. The lowest BCUT2D eigenvalue weighted by Gasteiger charge is -2.34. The average Bonchev–Trinajstić information content (AvgIpc) is 3.91. The van der Waals surface area contributed by atoms with Crippen LogP contribution in [0.25, 0.3) is 77.2 Å². The number of benzene rings is 9. The normalized spacial score (nSPS) is 13.1. The molecule has 12 rings (SSSR count). The number of hydrogen-bond acceptors (Lipinski definition) is 0. The first-order chi connectivity index (χ1) is 28.3. The highest BCUT2D eigenvalue weighted by atomic mass is 15.0. The number of para-hydroxylation sites is 3. The number of hydrogen-bond donors (Lipinski definition) is 0. The zero-order valence-electron chi connectivity index (χ0n) is 31.2. The fraction of sp³-hybridized carbons (Fsp3) is 0.0182. The highest BCUT2D eigenvalue weighted by Crippen LogP contribution is 2.56. The van der Waals surface area contributed by atoms with Gasteiger partial charge in [0.1, 0.15) is 0 Å². The molecule has 2 heterocycles. The highest BCUT2D eigenvalue weighted by molar-refractivity contribution is 6.11. The van der Waals surface area contributed by atoms with Crippen LogP contribution in [0.3, 0.4) is 0 Å². The molecule has 2 heteroatoms. The van der Waals surface area contributed by atoms with Crippen LogP contribution in [-0.4, -0.2) is 9.13 Å². The summed E-state index contributed by atoms with van der Waals surface area (Å²) < 4.78 is 4.88. The predicted octanol–water partition coefficient (Wildman–Crippen LogP) is 13.9. The molecule has 0 aliphatic heterocycles. The molecule has 0 amide bonds. The van der Waals surface area contributed by atoms with Crippen LogP contribution in [0.2, 0.25) is 0 Å². The lowest BCUT2D eigenvalue weighted by Crippen LogP contribution is -2.28.